The first-order chi connectivity index (χ1) is 9.09. The smallest absolute Gasteiger partial charge is 0.317 e. The van der Waals surface area contributed by atoms with E-state index in [1.807, 2.05) is 0 Å². The largest absolute Gasteiger partial charge is 0.388 e. The molecule has 1 aromatic rings. The Kier molecular flexibility index (Phi) is 4.31. The number of nitrogens with one attached hydrogen (secondary N) is 1. The van der Waals surface area contributed by atoms with Crippen molar-refractivity contribution in [2.24, 2.45) is 0 Å². The van der Waals surface area contributed by atoms with Crippen LogP contribution in [0.4, 0.5) is 4.79 Å². The van der Waals surface area contributed by atoms with E-state index in [-0.39, 0.29) is 6.03 Å². The molecular weight excluding hydrogens is 244 g/mol. The fourth-order valence-corrected chi connectivity index (χ4v) is 2.43. The molecule has 0 bridgehead atoms. The Balaban J connectivity index is 1.79. The number of nitrogens with zero attached hydrogens (tertiary/aromatic N) is 3. The number of urea groups is 1. The first-order valence-electron chi connectivity index (χ1n) is 6.57. The predicted octanol–water partition coefficient (Wildman–Crippen LogP) is 0.923. The number of carbonyl (C=O) groups excluding carboxylic acids is 1. The molecule has 6 heteroatoms. The van der Waals surface area contributed by atoms with E-state index in [0.717, 1.165) is 25.7 Å². The van der Waals surface area contributed by atoms with Crippen molar-refractivity contribution in [3.8, 4) is 0 Å². The molecule has 0 spiro atoms. The van der Waals surface area contributed by atoms with Crippen molar-refractivity contribution in [1.82, 2.24) is 20.4 Å². The van der Waals surface area contributed by atoms with Gasteiger partial charge in [-0.25, -0.2) is 4.79 Å². The lowest BCUT2D eigenvalue weighted by Gasteiger charge is -2.28. The van der Waals surface area contributed by atoms with Crippen molar-refractivity contribution in [1.29, 1.82) is 0 Å². The molecule has 1 aromatic heterocycles. The number of carbonyl (C=O) groups is 1. The minimum Gasteiger partial charge on any atom is -0.388 e. The standard InChI is InChI=1S/C13H20N4O2/c1-17(10-13(19)6-2-3-7-13)12(18)14-9-11-5-4-8-15-16-11/h4-5,8,19H,2-3,6-7,9-10H2,1H3,(H,14,18). The van der Waals surface area contributed by atoms with Crippen LogP contribution in [0.25, 0.3) is 0 Å². The van der Waals surface area contributed by atoms with Crippen molar-refractivity contribution in [2.45, 2.75) is 37.8 Å². The Morgan fingerprint density at radius 2 is 2.26 bits per heavy atom. The lowest BCUT2D eigenvalue weighted by molar-refractivity contribution is 0.0247. The summed E-state index contributed by atoms with van der Waals surface area (Å²) in [5.74, 6) is 0. The topological polar surface area (TPSA) is 78.4 Å². The highest BCUT2D eigenvalue weighted by Gasteiger charge is 2.33. The molecule has 0 aromatic carbocycles. The van der Waals surface area contributed by atoms with Gasteiger partial charge in [-0.3, -0.25) is 0 Å². The van der Waals surface area contributed by atoms with Crippen molar-refractivity contribution in [2.75, 3.05) is 13.6 Å². The van der Waals surface area contributed by atoms with E-state index in [1.54, 1.807) is 25.4 Å². The second-order valence-electron chi connectivity index (χ2n) is 5.16. The third-order valence-electron chi connectivity index (χ3n) is 3.46. The van der Waals surface area contributed by atoms with Gasteiger partial charge in [0.1, 0.15) is 0 Å². The van der Waals surface area contributed by atoms with Gasteiger partial charge in [0.15, 0.2) is 0 Å². The molecule has 1 heterocycles. The summed E-state index contributed by atoms with van der Waals surface area (Å²) in [6.07, 6.45) is 5.20. The number of rotatable bonds is 4. The van der Waals surface area contributed by atoms with Crippen LogP contribution in [0.2, 0.25) is 0 Å². The summed E-state index contributed by atoms with van der Waals surface area (Å²) in [4.78, 5) is 13.4. The van der Waals surface area contributed by atoms with E-state index in [0.29, 0.717) is 18.8 Å². The van der Waals surface area contributed by atoms with E-state index < -0.39 is 5.60 Å². The third-order valence-corrected chi connectivity index (χ3v) is 3.46. The molecule has 0 aliphatic heterocycles. The molecule has 0 radical (unpaired) electrons. The Morgan fingerprint density at radius 1 is 1.53 bits per heavy atom. The number of aliphatic hydroxyl groups is 1. The van der Waals surface area contributed by atoms with Gasteiger partial charge in [-0.1, -0.05) is 12.8 Å². The summed E-state index contributed by atoms with van der Waals surface area (Å²) in [6.45, 7) is 0.717. The van der Waals surface area contributed by atoms with Crippen LogP contribution in [0, 0.1) is 0 Å². The maximum Gasteiger partial charge on any atom is 0.317 e. The fraction of sp³-hybridized carbons (Fsp3) is 0.615. The molecule has 6 nitrogen and oxygen atoms in total. The zero-order valence-corrected chi connectivity index (χ0v) is 11.2. The lowest BCUT2D eigenvalue weighted by atomic mass is 10.0. The summed E-state index contributed by atoms with van der Waals surface area (Å²) in [5.41, 5.74) is 0.00220. The van der Waals surface area contributed by atoms with Gasteiger partial charge in [0, 0.05) is 13.2 Å². The van der Waals surface area contributed by atoms with Crippen LogP contribution in [0.1, 0.15) is 31.4 Å². The summed E-state index contributed by atoms with van der Waals surface area (Å²) < 4.78 is 0. The van der Waals surface area contributed by atoms with Gasteiger partial charge in [0.2, 0.25) is 0 Å². The normalized spacial score (nSPS) is 17.2. The Hall–Kier alpha value is -1.69. The number of aromatic nitrogens is 2. The zero-order valence-electron chi connectivity index (χ0n) is 11.2. The van der Waals surface area contributed by atoms with Gasteiger partial charge in [0.05, 0.1) is 24.4 Å². The Morgan fingerprint density at radius 3 is 2.89 bits per heavy atom. The third kappa shape index (κ3) is 3.89. The average Bonchev–Trinajstić information content (AvgIpc) is 2.83. The van der Waals surface area contributed by atoms with Crippen LogP contribution in [-0.4, -0.2) is 45.4 Å². The average molecular weight is 264 g/mol. The van der Waals surface area contributed by atoms with E-state index >= 15 is 0 Å². The SMILES string of the molecule is CN(CC1(O)CCCC1)C(=O)NCc1cccnn1. The van der Waals surface area contributed by atoms with E-state index in [9.17, 15) is 9.90 Å². The predicted molar refractivity (Wildman–Crippen MR) is 70.3 cm³/mol. The Bertz CT molecular complexity index is 418. The van der Waals surface area contributed by atoms with Gasteiger partial charge in [-0.05, 0) is 25.0 Å². The number of hydrogen-bond acceptors (Lipinski definition) is 4. The van der Waals surface area contributed by atoms with Crippen LogP contribution in [0.5, 0.6) is 0 Å². The highest BCUT2D eigenvalue weighted by Crippen LogP contribution is 2.29. The van der Waals surface area contributed by atoms with E-state index in [2.05, 4.69) is 15.5 Å². The molecule has 1 aliphatic carbocycles. The lowest BCUT2D eigenvalue weighted by Crippen LogP contribution is -2.46. The summed E-state index contributed by atoms with van der Waals surface area (Å²) in [5, 5.41) is 20.7. The molecule has 0 saturated heterocycles. The molecule has 19 heavy (non-hydrogen) atoms. The molecule has 104 valence electrons. The van der Waals surface area contributed by atoms with Crippen LogP contribution < -0.4 is 5.32 Å². The zero-order chi connectivity index (χ0) is 13.7. The molecule has 0 atom stereocenters. The van der Waals surface area contributed by atoms with Gasteiger partial charge in [-0.2, -0.15) is 10.2 Å². The minimum absolute atomic E-state index is 0.203. The van der Waals surface area contributed by atoms with Crippen LogP contribution >= 0.6 is 0 Å². The van der Waals surface area contributed by atoms with E-state index in [1.165, 1.54) is 4.90 Å². The maximum atomic E-state index is 11.9. The van der Waals surface area contributed by atoms with Gasteiger partial charge < -0.3 is 15.3 Å². The van der Waals surface area contributed by atoms with Crippen LogP contribution in [0.3, 0.4) is 0 Å². The molecule has 1 fully saturated rings. The van der Waals surface area contributed by atoms with E-state index in [4.69, 9.17) is 0 Å². The molecule has 1 saturated carbocycles. The number of likely N-dealkylation sites (N-methyl/N-ethyl adjacent to an activating group) is 1. The number of amides is 2. The number of hydrogen-bond donors (Lipinski definition) is 2. The Labute approximate surface area is 112 Å². The molecule has 2 amide bonds. The molecule has 1 aliphatic rings. The minimum atomic E-state index is -0.710. The quantitative estimate of drug-likeness (QED) is 0.847. The molecule has 0 unspecified atom stereocenters. The van der Waals surface area contributed by atoms with Gasteiger partial charge in [0.25, 0.3) is 0 Å². The van der Waals surface area contributed by atoms with Crippen molar-refractivity contribution in [3.63, 3.8) is 0 Å². The highest BCUT2D eigenvalue weighted by molar-refractivity contribution is 5.73. The van der Waals surface area contributed by atoms with Crippen molar-refractivity contribution < 1.29 is 9.90 Å². The fourth-order valence-electron chi connectivity index (χ4n) is 2.43. The summed E-state index contributed by atoms with van der Waals surface area (Å²) in [6, 6.07) is 3.38. The second-order valence-corrected chi connectivity index (χ2v) is 5.16. The molecule has 2 rings (SSSR count). The second kappa shape index (κ2) is 5.97. The molecular formula is C13H20N4O2. The molecule has 2 N–H and O–H groups in total. The monoisotopic (exact) mass is 264 g/mol. The van der Waals surface area contributed by atoms with Crippen molar-refractivity contribution in [3.05, 3.63) is 24.0 Å². The van der Waals surface area contributed by atoms with Crippen LogP contribution in [0.15, 0.2) is 18.3 Å². The first kappa shape index (κ1) is 13.7. The summed E-state index contributed by atoms with van der Waals surface area (Å²) in [7, 11) is 1.70. The van der Waals surface area contributed by atoms with Gasteiger partial charge >= 0.3 is 6.03 Å². The highest BCUT2D eigenvalue weighted by atomic mass is 16.3. The summed E-state index contributed by atoms with van der Waals surface area (Å²) >= 11 is 0. The first-order valence-corrected chi connectivity index (χ1v) is 6.57. The van der Waals surface area contributed by atoms with Crippen LogP contribution in [-0.2, 0) is 6.54 Å². The van der Waals surface area contributed by atoms with Crippen molar-refractivity contribution >= 4 is 6.03 Å². The van der Waals surface area contributed by atoms with Gasteiger partial charge in [-0.15, -0.1) is 0 Å². The maximum absolute atomic E-state index is 11.9.